The SMILES string of the molecule is CCc1ncc(CN(C)C(=O)c2c(C)c3ccccc3oc2=O)s1. The lowest BCUT2D eigenvalue weighted by molar-refractivity contribution is 0.0781. The number of carbonyl (C=O) groups excluding carboxylic acids is 1. The Morgan fingerprint density at radius 1 is 1.33 bits per heavy atom. The minimum Gasteiger partial charge on any atom is -0.422 e. The van der Waals surface area contributed by atoms with Crippen LogP contribution in [0.2, 0.25) is 0 Å². The fraction of sp³-hybridized carbons (Fsp3) is 0.278. The monoisotopic (exact) mass is 342 g/mol. The summed E-state index contributed by atoms with van der Waals surface area (Å²) < 4.78 is 5.30. The number of rotatable bonds is 4. The number of para-hydroxylation sites is 1. The van der Waals surface area contributed by atoms with Crippen LogP contribution in [0.25, 0.3) is 11.0 Å². The first-order valence-corrected chi connectivity index (χ1v) is 8.54. The van der Waals surface area contributed by atoms with E-state index in [0.29, 0.717) is 17.7 Å². The summed E-state index contributed by atoms with van der Waals surface area (Å²) in [6.45, 7) is 4.24. The van der Waals surface area contributed by atoms with Gasteiger partial charge in [-0.25, -0.2) is 9.78 Å². The van der Waals surface area contributed by atoms with Crippen molar-refractivity contribution in [2.45, 2.75) is 26.8 Å². The van der Waals surface area contributed by atoms with Crippen LogP contribution in [0.5, 0.6) is 0 Å². The number of thiazole rings is 1. The molecule has 0 bridgehead atoms. The Kier molecular flexibility index (Phi) is 4.49. The van der Waals surface area contributed by atoms with Crippen LogP contribution in [0.15, 0.2) is 39.7 Å². The van der Waals surface area contributed by atoms with Gasteiger partial charge in [0.15, 0.2) is 0 Å². The molecule has 0 fully saturated rings. The molecule has 0 atom stereocenters. The van der Waals surface area contributed by atoms with Gasteiger partial charge >= 0.3 is 5.63 Å². The van der Waals surface area contributed by atoms with E-state index < -0.39 is 5.63 Å². The van der Waals surface area contributed by atoms with Gasteiger partial charge in [-0.15, -0.1) is 11.3 Å². The molecular weight excluding hydrogens is 324 g/mol. The fourth-order valence-corrected chi connectivity index (χ4v) is 3.55. The van der Waals surface area contributed by atoms with E-state index in [1.807, 2.05) is 19.1 Å². The van der Waals surface area contributed by atoms with Gasteiger partial charge in [-0.2, -0.15) is 0 Å². The van der Waals surface area contributed by atoms with Gasteiger partial charge in [0, 0.05) is 23.5 Å². The first-order valence-electron chi connectivity index (χ1n) is 7.72. The van der Waals surface area contributed by atoms with Crippen LogP contribution < -0.4 is 5.63 Å². The van der Waals surface area contributed by atoms with Crippen molar-refractivity contribution in [1.29, 1.82) is 0 Å². The third kappa shape index (κ3) is 2.97. The van der Waals surface area contributed by atoms with Crippen molar-refractivity contribution in [3.05, 3.63) is 61.9 Å². The van der Waals surface area contributed by atoms with Crippen LogP contribution >= 0.6 is 11.3 Å². The van der Waals surface area contributed by atoms with Crippen molar-refractivity contribution in [1.82, 2.24) is 9.88 Å². The van der Waals surface area contributed by atoms with Gasteiger partial charge in [0.25, 0.3) is 5.91 Å². The highest BCUT2D eigenvalue weighted by Gasteiger charge is 2.22. The molecule has 0 aliphatic heterocycles. The van der Waals surface area contributed by atoms with Gasteiger partial charge in [0.2, 0.25) is 0 Å². The summed E-state index contributed by atoms with van der Waals surface area (Å²) in [4.78, 5) is 31.9. The van der Waals surface area contributed by atoms with Gasteiger partial charge in [-0.1, -0.05) is 25.1 Å². The van der Waals surface area contributed by atoms with Crippen molar-refractivity contribution in [2.75, 3.05) is 7.05 Å². The average molecular weight is 342 g/mol. The predicted molar refractivity (Wildman–Crippen MR) is 94.5 cm³/mol. The molecule has 1 aromatic carbocycles. The zero-order valence-corrected chi connectivity index (χ0v) is 14.6. The van der Waals surface area contributed by atoms with Crippen molar-refractivity contribution in [3.63, 3.8) is 0 Å². The maximum absolute atomic E-state index is 12.8. The maximum Gasteiger partial charge on any atom is 0.349 e. The highest BCUT2D eigenvalue weighted by molar-refractivity contribution is 7.11. The predicted octanol–water partition coefficient (Wildman–Crippen LogP) is 3.39. The van der Waals surface area contributed by atoms with Gasteiger partial charge in [-0.3, -0.25) is 4.79 Å². The third-order valence-corrected chi connectivity index (χ3v) is 5.06. The highest BCUT2D eigenvalue weighted by Crippen LogP contribution is 2.21. The van der Waals surface area contributed by atoms with E-state index in [-0.39, 0.29) is 11.5 Å². The molecule has 24 heavy (non-hydrogen) atoms. The summed E-state index contributed by atoms with van der Waals surface area (Å²) >= 11 is 1.58. The molecule has 0 aliphatic rings. The Balaban J connectivity index is 1.94. The van der Waals surface area contributed by atoms with Crippen molar-refractivity contribution >= 4 is 28.2 Å². The van der Waals surface area contributed by atoms with Crippen LogP contribution in [0.4, 0.5) is 0 Å². The molecule has 3 rings (SSSR count). The Morgan fingerprint density at radius 2 is 2.08 bits per heavy atom. The number of aryl methyl sites for hydroxylation is 2. The maximum atomic E-state index is 12.8. The van der Waals surface area contributed by atoms with Crippen molar-refractivity contribution in [2.24, 2.45) is 0 Å². The molecule has 0 unspecified atom stereocenters. The minimum absolute atomic E-state index is 0.0939. The molecule has 0 saturated carbocycles. The van der Waals surface area contributed by atoms with Gasteiger partial charge in [-0.05, 0) is 25.0 Å². The smallest absolute Gasteiger partial charge is 0.349 e. The third-order valence-electron chi connectivity index (χ3n) is 3.93. The van der Waals surface area contributed by atoms with Crippen molar-refractivity contribution < 1.29 is 9.21 Å². The van der Waals surface area contributed by atoms with E-state index in [0.717, 1.165) is 21.7 Å². The lowest BCUT2D eigenvalue weighted by atomic mass is 10.1. The second kappa shape index (κ2) is 6.57. The summed E-state index contributed by atoms with van der Waals surface area (Å²) in [5.41, 5.74) is 0.643. The summed E-state index contributed by atoms with van der Waals surface area (Å²) in [6.07, 6.45) is 2.65. The number of hydrogen-bond donors (Lipinski definition) is 0. The summed E-state index contributed by atoms with van der Waals surface area (Å²) in [5.74, 6) is -0.335. The van der Waals surface area contributed by atoms with Gasteiger partial charge in [0.05, 0.1) is 11.6 Å². The summed E-state index contributed by atoms with van der Waals surface area (Å²) in [6, 6.07) is 7.23. The standard InChI is InChI=1S/C18H18N2O3S/c1-4-15-19-9-12(24-15)10-20(3)17(21)16-11(2)13-7-5-6-8-14(13)23-18(16)22/h5-9H,4,10H2,1-3H3. The molecule has 5 nitrogen and oxygen atoms in total. The zero-order chi connectivity index (χ0) is 17.3. The number of fused-ring (bicyclic) bond motifs is 1. The first-order chi connectivity index (χ1) is 11.5. The van der Waals surface area contributed by atoms with Gasteiger partial charge < -0.3 is 9.32 Å². The highest BCUT2D eigenvalue weighted by atomic mass is 32.1. The van der Waals surface area contributed by atoms with Crippen molar-refractivity contribution in [3.8, 4) is 0 Å². The van der Waals surface area contributed by atoms with E-state index in [1.54, 1.807) is 43.6 Å². The quantitative estimate of drug-likeness (QED) is 0.682. The van der Waals surface area contributed by atoms with E-state index in [2.05, 4.69) is 4.98 Å². The molecular formula is C18H18N2O3S. The van der Waals surface area contributed by atoms with E-state index >= 15 is 0 Å². The molecule has 3 aromatic rings. The number of amides is 1. The van der Waals surface area contributed by atoms with E-state index in [9.17, 15) is 9.59 Å². The second-order valence-corrected chi connectivity index (χ2v) is 6.82. The molecule has 2 aromatic heterocycles. The number of carbonyl (C=O) groups is 1. The van der Waals surface area contributed by atoms with Crippen LogP contribution in [-0.2, 0) is 13.0 Å². The van der Waals surface area contributed by atoms with Crippen LogP contribution in [-0.4, -0.2) is 22.8 Å². The molecule has 0 aliphatic carbocycles. The number of hydrogen-bond acceptors (Lipinski definition) is 5. The summed E-state index contributed by atoms with van der Waals surface area (Å²) in [5, 5.41) is 1.81. The molecule has 0 saturated heterocycles. The average Bonchev–Trinajstić information content (AvgIpc) is 3.02. The molecule has 2 heterocycles. The first kappa shape index (κ1) is 16.4. The molecule has 124 valence electrons. The Bertz CT molecular complexity index is 958. The number of aromatic nitrogens is 1. The van der Waals surface area contributed by atoms with Gasteiger partial charge in [0.1, 0.15) is 11.1 Å². The van der Waals surface area contributed by atoms with E-state index in [1.165, 1.54) is 4.90 Å². The lowest BCUT2D eigenvalue weighted by Gasteiger charge is -2.17. The largest absolute Gasteiger partial charge is 0.422 e. The fourth-order valence-electron chi connectivity index (χ4n) is 2.63. The Labute approximate surface area is 143 Å². The molecule has 6 heteroatoms. The summed E-state index contributed by atoms with van der Waals surface area (Å²) in [7, 11) is 1.68. The molecule has 1 amide bonds. The zero-order valence-electron chi connectivity index (χ0n) is 13.8. The molecule has 0 N–H and O–H groups in total. The Hall–Kier alpha value is -2.47. The number of nitrogens with zero attached hydrogens (tertiary/aromatic N) is 2. The van der Waals surface area contributed by atoms with Crippen LogP contribution in [0.1, 0.15) is 32.7 Å². The second-order valence-electron chi connectivity index (χ2n) is 5.62. The van der Waals surface area contributed by atoms with E-state index in [4.69, 9.17) is 4.42 Å². The van der Waals surface area contributed by atoms with Crippen LogP contribution in [0, 0.1) is 6.92 Å². The molecule has 0 radical (unpaired) electrons. The normalized spacial score (nSPS) is 11.0. The molecule has 0 spiro atoms. The lowest BCUT2D eigenvalue weighted by Crippen LogP contribution is -2.31. The van der Waals surface area contributed by atoms with Crippen LogP contribution in [0.3, 0.4) is 0 Å². The Morgan fingerprint density at radius 3 is 2.79 bits per heavy atom. The minimum atomic E-state index is -0.596. The topological polar surface area (TPSA) is 63.4 Å². The number of benzene rings is 1.